The minimum atomic E-state index is -1.39. The highest BCUT2D eigenvalue weighted by molar-refractivity contribution is 6.35. The molecule has 0 fully saturated rings. The first kappa shape index (κ1) is 18.1. The van der Waals surface area contributed by atoms with Crippen LogP contribution in [0.2, 0.25) is 0 Å². The summed E-state index contributed by atoms with van der Waals surface area (Å²) in [5.41, 5.74) is 2.32. The molecule has 1 atom stereocenters. The van der Waals surface area contributed by atoms with Gasteiger partial charge in [-0.25, -0.2) is 5.43 Å². The molecule has 8 nitrogen and oxygen atoms in total. The van der Waals surface area contributed by atoms with Crippen molar-refractivity contribution in [1.82, 2.24) is 10.7 Å². The first-order valence-electron chi connectivity index (χ1n) is 6.92. The number of hydrazone groups is 1. The van der Waals surface area contributed by atoms with Crippen molar-refractivity contribution in [2.75, 3.05) is 7.11 Å². The molecule has 0 aliphatic heterocycles. The summed E-state index contributed by atoms with van der Waals surface area (Å²) in [5, 5.41) is 17.1. The van der Waals surface area contributed by atoms with Crippen LogP contribution in [-0.2, 0) is 9.59 Å². The number of carbonyl (C=O) groups is 3. The number of carboxylic acid groups (broad SMARTS) is 1. The zero-order valence-corrected chi connectivity index (χ0v) is 13.1. The van der Waals surface area contributed by atoms with E-state index in [-0.39, 0.29) is 17.4 Å². The molecule has 0 aromatic heterocycles. The lowest BCUT2D eigenvalue weighted by molar-refractivity contribution is -0.255. The van der Waals surface area contributed by atoms with Crippen LogP contribution in [0.3, 0.4) is 0 Å². The van der Waals surface area contributed by atoms with Gasteiger partial charge in [0.05, 0.1) is 19.3 Å². The van der Waals surface area contributed by atoms with E-state index in [4.69, 9.17) is 4.74 Å². The fourth-order valence-electron chi connectivity index (χ4n) is 1.57. The van der Waals surface area contributed by atoms with E-state index >= 15 is 0 Å². The Labute approximate surface area is 133 Å². The number of ether oxygens (including phenoxy) is 1. The minimum Gasteiger partial charge on any atom is -0.545 e. The van der Waals surface area contributed by atoms with Crippen LogP contribution < -0.4 is 20.6 Å². The van der Waals surface area contributed by atoms with E-state index in [2.05, 4.69) is 15.8 Å². The molecule has 0 heterocycles. The summed E-state index contributed by atoms with van der Waals surface area (Å²) in [6, 6.07) is 4.14. The average Bonchev–Trinajstić information content (AvgIpc) is 2.54. The highest BCUT2D eigenvalue weighted by atomic mass is 16.5. The van der Waals surface area contributed by atoms with Crippen molar-refractivity contribution >= 4 is 24.0 Å². The Morgan fingerprint density at radius 2 is 2.04 bits per heavy atom. The summed E-state index contributed by atoms with van der Waals surface area (Å²) >= 11 is 0. The molecule has 2 amide bonds. The van der Waals surface area contributed by atoms with E-state index in [9.17, 15) is 19.5 Å². The molecule has 0 radical (unpaired) electrons. The summed E-state index contributed by atoms with van der Waals surface area (Å²) in [4.78, 5) is 34.0. The lowest BCUT2D eigenvalue weighted by Gasteiger charge is -2.10. The van der Waals surface area contributed by atoms with Gasteiger partial charge >= 0.3 is 11.8 Å². The number of aromatic carboxylic acids is 1. The minimum absolute atomic E-state index is 0.121. The molecule has 124 valence electrons. The van der Waals surface area contributed by atoms with Gasteiger partial charge in [-0.2, -0.15) is 5.10 Å². The number of nitrogens with zero attached hydrogens (tertiary/aromatic N) is 1. The van der Waals surface area contributed by atoms with E-state index in [1.165, 1.54) is 25.5 Å². The molecular formula is C15H18N3O5-. The second kappa shape index (κ2) is 8.52. The monoisotopic (exact) mass is 320 g/mol. The van der Waals surface area contributed by atoms with Crippen LogP contribution in [0.4, 0.5) is 0 Å². The Bertz CT molecular complexity index is 628. The molecule has 1 aromatic carbocycles. The van der Waals surface area contributed by atoms with Crippen molar-refractivity contribution in [1.29, 1.82) is 0 Å². The van der Waals surface area contributed by atoms with Crippen LogP contribution in [0, 0.1) is 0 Å². The third-order valence-corrected chi connectivity index (χ3v) is 3.02. The van der Waals surface area contributed by atoms with Gasteiger partial charge in [0.15, 0.2) is 0 Å². The molecule has 0 bridgehead atoms. The SMILES string of the molecule is CC[C@@H](C)NC(=O)C(=O)N/N=C\c1ccc(OC)c(C(=O)[O-])c1. The van der Waals surface area contributed by atoms with Gasteiger partial charge in [0.25, 0.3) is 0 Å². The Morgan fingerprint density at radius 3 is 2.61 bits per heavy atom. The van der Waals surface area contributed by atoms with Crippen LogP contribution in [0.25, 0.3) is 0 Å². The maximum absolute atomic E-state index is 11.5. The number of hydrogen-bond acceptors (Lipinski definition) is 6. The highest BCUT2D eigenvalue weighted by Crippen LogP contribution is 2.18. The topological polar surface area (TPSA) is 120 Å². The van der Waals surface area contributed by atoms with E-state index in [0.29, 0.717) is 12.0 Å². The van der Waals surface area contributed by atoms with Crippen molar-refractivity contribution in [3.63, 3.8) is 0 Å². The molecule has 0 saturated carbocycles. The van der Waals surface area contributed by atoms with Crippen molar-refractivity contribution in [3.8, 4) is 5.75 Å². The van der Waals surface area contributed by atoms with Gasteiger partial charge in [-0.3, -0.25) is 9.59 Å². The lowest BCUT2D eigenvalue weighted by Crippen LogP contribution is -2.41. The zero-order valence-electron chi connectivity index (χ0n) is 13.1. The molecule has 2 N–H and O–H groups in total. The third kappa shape index (κ3) is 5.42. The molecule has 0 aliphatic rings. The maximum atomic E-state index is 11.5. The highest BCUT2D eigenvalue weighted by Gasteiger charge is 2.14. The molecule has 0 saturated heterocycles. The molecule has 1 aromatic rings. The second-order valence-electron chi connectivity index (χ2n) is 4.73. The number of benzene rings is 1. The molecule has 1 rings (SSSR count). The normalized spacial score (nSPS) is 11.8. The fourth-order valence-corrected chi connectivity index (χ4v) is 1.57. The smallest absolute Gasteiger partial charge is 0.329 e. The van der Waals surface area contributed by atoms with E-state index in [0.717, 1.165) is 0 Å². The number of nitrogens with one attached hydrogen (secondary N) is 2. The predicted molar refractivity (Wildman–Crippen MR) is 81.0 cm³/mol. The number of methoxy groups -OCH3 is 1. The number of rotatable bonds is 6. The summed E-state index contributed by atoms with van der Waals surface area (Å²) in [6.45, 7) is 3.65. The number of carboxylic acids is 1. The number of hydrogen-bond donors (Lipinski definition) is 2. The summed E-state index contributed by atoms with van der Waals surface area (Å²) < 4.78 is 4.90. The summed E-state index contributed by atoms with van der Waals surface area (Å²) in [5.74, 6) is -2.94. The summed E-state index contributed by atoms with van der Waals surface area (Å²) in [6.07, 6.45) is 1.90. The average molecular weight is 320 g/mol. The van der Waals surface area contributed by atoms with Gasteiger partial charge in [0, 0.05) is 11.6 Å². The van der Waals surface area contributed by atoms with Gasteiger partial charge in [-0.15, -0.1) is 0 Å². The van der Waals surface area contributed by atoms with Crippen LogP contribution in [0.5, 0.6) is 5.75 Å². The molecule has 8 heteroatoms. The molecule has 0 spiro atoms. The quantitative estimate of drug-likeness (QED) is 0.413. The van der Waals surface area contributed by atoms with Gasteiger partial charge < -0.3 is 20.0 Å². The van der Waals surface area contributed by atoms with Crippen LogP contribution in [0.1, 0.15) is 36.2 Å². The summed E-state index contributed by atoms with van der Waals surface area (Å²) in [7, 11) is 1.34. The van der Waals surface area contributed by atoms with Gasteiger partial charge in [0.2, 0.25) is 0 Å². The molecule has 0 aliphatic carbocycles. The third-order valence-electron chi connectivity index (χ3n) is 3.02. The molecular weight excluding hydrogens is 302 g/mol. The van der Waals surface area contributed by atoms with Crippen molar-refractivity contribution in [3.05, 3.63) is 29.3 Å². The number of carbonyl (C=O) groups excluding carboxylic acids is 3. The lowest BCUT2D eigenvalue weighted by atomic mass is 10.1. The fraction of sp³-hybridized carbons (Fsp3) is 0.333. The van der Waals surface area contributed by atoms with E-state index in [1.54, 1.807) is 13.0 Å². The first-order valence-corrected chi connectivity index (χ1v) is 6.92. The van der Waals surface area contributed by atoms with Crippen molar-refractivity contribution in [2.45, 2.75) is 26.3 Å². The predicted octanol–water partition coefficient (Wildman–Crippen LogP) is -0.576. The zero-order chi connectivity index (χ0) is 17.4. The van der Waals surface area contributed by atoms with Gasteiger partial charge in [-0.1, -0.05) is 6.92 Å². The van der Waals surface area contributed by atoms with Crippen LogP contribution >= 0.6 is 0 Å². The Balaban J connectivity index is 2.71. The van der Waals surface area contributed by atoms with Crippen LogP contribution in [-0.4, -0.2) is 37.1 Å². The number of amides is 2. The molecule has 0 unspecified atom stereocenters. The maximum Gasteiger partial charge on any atom is 0.329 e. The van der Waals surface area contributed by atoms with Crippen molar-refractivity contribution in [2.24, 2.45) is 5.10 Å². The largest absolute Gasteiger partial charge is 0.545 e. The van der Waals surface area contributed by atoms with Crippen molar-refractivity contribution < 1.29 is 24.2 Å². The van der Waals surface area contributed by atoms with Crippen LogP contribution in [0.15, 0.2) is 23.3 Å². The first-order chi connectivity index (χ1) is 10.9. The van der Waals surface area contributed by atoms with E-state index < -0.39 is 17.8 Å². The Hall–Kier alpha value is -2.90. The van der Waals surface area contributed by atoms with E-state index in [1.807, 2.05) is 6.92 Å². The van der Waals surface area contributed by atoms with Gasteiger partial charge in [-0.05, 0) is 37.1 Å². The van der Waals surface area contributed by atoms with Gasteiger partial charge in [0.1, 0.15) is 5.75 Å². The Kier molecular flexibility index (Phi) is 6.72. The molecule has 23 heavy (non-hydrogen) atoms. The second-order valence-corrected chi connectivity index (χ2v) is 4.73. The Morgan fingerprint density at radius 1 is 1.35 bits per heavy atom. The standard InChI is InChI=1S/C15H19N3O5/c1-4-9(2)17-13(19)14(20)18-16-8-10-5-6-12(23-3)11(7-10)15(21)22/h5-9H,4H2,1-3H3,(H,17,19)(H,18,20)(H,21,22)/p-1/b16-8-/t9-/m1/s1.